The maximum absolute atomic E-state index is 4.93. The zero-order valence-corrected chi connectivity index (χ0v) is 26.7. The van der Waals surface area contributed by atoms with Crippen molar-refractivity contribution in [2.75, 3.05) is 19.0 Å². The van der Waals surface area contributed by atoms with Crippen molar-refractivity contribution in [3.05, 3.63) is 130 Å². The molecule has 1 N–H and O–H groups in total. The van der Waals surface area contributed by atoms with Gasteiger partial charge in [0, 0.05) is 46.5 Å². The predicted octanol–water partition coefficient (Wildman–Crippen LogP) is 9.20. The molecule has 0 bridgehead atoms. The highest BCUT2D eigenvalue weighted by atomic mass is 32.2. The summed E-state index contributed by atoms with van der Waals surface area (Å²) in [6.07, 6.45) is 11.4. The smallest absolute Gasteiger partial charge is 0.209 e. The number of rotatable bonds is 5. The van der Waals surface area contributed by atoms with Crippen molar-refractivity contribution in [1.29, 1.82) is 0 Å². The highest BCUT2D eigenvalue weighted by Crippen LogP contribution is 2.48. The van der Waals surface area contributed by atoms with Gasteiger partial charge >= 0.3 is 0 Å². The van der Waals surface area contributed by atoms with Gasteiger partial charge in [0.15, 0.2) is 10.9 Å². The van der Waals surface area contributed by atoms with Crippen molar-refractivity contribution in [2.45, 2.75) is 56.5 Å². The van der Waals surface area contributed by atoms with E-state index >= 15 is 0 Å². The van der Waals surface area contributed by atoms with Crippen LogP contribution in [0.15, 0.2) is 124 Å². The summed E-state index contributed by atoms with van der Waals surface area (Å²) >= 11 is 1.76. The number of para-hydroxylation sites is 4. The fourth-order valence-electron chi connectivity index (χ4n) is 7.19. The van der Waals surface area contributed by atoms with Crippen LogP contribution in [-0.4, -0.2) is 34.4 Å². The Labute approximate surface area is 259 Å². The number of nitrogens with zero attached hydrogens (tertiary/aromatic N) is 3. The first-order chi connectivity index (χ1) is 20.7. The van der Waals surface area contributed by atoms with Gasteiger partial charge in [0.25, 0.3) is 0 Å². The highest BCUT2D eigenvalue weighted by Gasteiger charge is 2.42. The summed E-state index contributed by atoms with van der Waals surface area (Å²) in [6.45, 7) is 9.32. The van der Waals surface area contributed by atoms with Gasteiger partial charge in [-0.2, -0.15) is 4.58 Å². The second-order valence-corrected chi connectivity index (χ2v) is 13.9. The van der Waals surface area contributed by atoms with Crippen LogP contribution >= 0.6 is 11.8 Å². The molecule has 0 amide bonds. The van der Waals surface area contributed by atoms with Crippen molar-refractivity contribution in [2.24, 2.45) is 0 Å². The Morgan fingerprint density at radius 3 is 2.33 bits per heavy atom. The predicted molar refractivity (Wildman–Crippen MR) is 182 cm³/mol. The number of aromatic amines is 1. The number of hydrogen-bond donors (Lipinski definition) is 1. The van der Waals surface area contributed by atoms with Crippen LogP contribution in [0, 0.1) is 0 Å². The number of hydrogen-bond acceptors (Lipinski definition) is 3. The molecule has 0 unspecified atom stereocenters. The van der Waals surface area contributed by atoms with Gasteiger partial charge in [-0.05, 0) is 67.7 Å². The number of H-pyrrole nitrogens is 1. The minimum Gasteiger partial charge on any atom is -0.347 e. The Kier molecular flexibility index (Phi) is 6.62. The lowest BCUT2D eigenvalue weighted by atomic mass is 9.81. The third-order valence-corrected chi connectivity index (χ3v) is 10.7. The number of imidazole rings is 1. The van der Waals surface area contributed by atoms with E-state index in [4.69, 9.17) is 4.98 Å². The molecule has 4 aromatic rings. The molecule has 5 heteroatoms. The minimum atomic E-state index is -0.0518. The SMILES string of the molecule is CN1/C(=C/C=C2\CCC(/C=C/C3=[N+](C)c4ccccc4C3(C)C)=C2Sc2nc3ccccc3[nH]2)C(C)(C)c2ccccc21. The fourth-order valence-corrected chi connectivity index (χ4v) is 8.29. The highest BCUT2D eigenvalue weighted by molar-refractivity contribution is 8.03. The summed E-state index contributed by atoms with van der Waals surface area (Å²) in [7, 11) is 4.38. The van der Waals surface area contributed by atoms with Crippen LogP contribution in [0.1, 0.15) is 51.7 Å². The van der Waals surface area contributed by atoms with E-state index in [0.29, 0.717) is 0 Å². The van der Waals surface area contributed by atoms with Crippen LogP contribution < -0.4 is 4.90 Å². The van der Waals surface area contributed by atoms with Crippen LogP contribution in [0.3, 0.4) is 0 Å². The first-order valence-corrected chi connectivity index (χ1v) is 16.0. The molecule has 216 valence electrons. The van der Waals surface area contributed by atoms with E-state index in [0.717, 1.165) is 29.0 Å². The Morgan fingerprint density at radius 2 is 1.56 bits per heavy atom. The minimum absolute atomic E-state index is 0.0518. The number of benzene rings is 3. The molecule has 43 heavy (non-hydrogen) atoms. The third kappa shape index (κ3) is 4.53. The quantitative estimate of drug-likeness (QED) is 0.238. The first kappa shape index (κ1) is 27.7. The summed E-state index contributed by atoms with van der Waals surface area (Å²) < 4.78 is 2.35. The van der Waals surface area contributed by atoms with Crippen LogP contribution in [0.2, 0.25) is 0 Å². The number of fused-ring (bicyclic) bond motifs is 3. The van der Waals surface area contributed by atoms with Gasteiger partial charge < -0.3 is 9.88 Å². The van der Waals surface area contributed by atoms with Gasteiger partial charge in [0.1, 0.15) is 7.05 Å². The maximum Gasteiger partial charge on any atom is 0.209 e. The zero-order valence-electron chi connectivity index (χ0n) is 25.9. The van der Waals surface area contributed by atoms with Crippen molar-refractivity contribution < 1.29 is 4.58 Å². The van der Waals surface area contributed by atoms with Gasteiger partial charge in [-0.1, -0.05) is 86.3 Å². The van der Waals surface area contributed by atoms with Crippen molar-refractivity contribution >= 4 is 39.9 Å². The molecule has 1 aliphatic carbocycles. The van der Waals surface area contributed by atoms with Gasteiger partial charge in [0.05, 0.1) is 16.4 Å². The van der Waals surface area contributed by atoms with Crippen LogP contribution in [0.5, 0.6) is 0 Å². The molecule has 3 aliphatic rings. The van der Waals surface area contributed by atoms with Crippen LogP contribution in [-0.2, 0) is 10.8 Å². The molecule has 3 aromatic carbocycles. The molecule has 0 fully saturated rings. The lowest BCUT2D eigenvalue weighted by Gasteiger charge is -2.23. The normalized spacial score (nSPS) is 20.8. The van der Waals surface area contributed by atoms with E-state index in [1.807, 2.05) is 6.07 Å². The van der Waals surface area contributed by atoms with Gasteiger partial charge in [-0.25, -0.2) is 4.98 Å². The molecule has 4 nitrogen and oxygen atoms in total. The molecule has 3 heterocycles. The largest absolute Gasteiger partial charge is 0.347 e. The zero-order chi connectivity index (χ0) is 29.9. The van der Waals surface area contributed by atoms with Gasteiger partial charge in [-0.3, -0.25) is 0 Å². The van der Waals surface area contributed by atoms with E-state index in [9.17, 15) is 0 Å². The molecule has 0 spiro atoms. The summed E-state index contributed by atoms with van der Waals surface area (Å²) in [5.41, 5.74) is 12.7. The fraction of sp³-hybridized carbons (Fsp3) is 0.263. The van der Waals surface area contributed by atoms with Gasteiger partial charge in [0.2, 0.25) is 5.69 Å². The van der Waals surface area contributed by atoms with E-state index in [1.54, 1.807) is 11.8 Å². The molecule has 7 rings (SSSR count). The second kappa shape index (κ2) is 10.3. The summed E-state index contributed by atoms with van der Waals surface area (Å²) in [6, 6.07) is 25.8. The molecule has 0 saturated heterocycles. The summed E-state index contributed by atoms with van der Waals surface area (Å²) in [5, 5.41) is 0.937. The molecule has 0 saturated carbocycles. The molecule has 0 radical (unpaired) electrons. The number of anilines is 1. The molecular weight excluding hydrogens is 545 g/mol. The monoisotopic (exact) mass is 583 g/mol. The second-order valence-electron chi connectivity index (χ2n) is 12.9. The average Bonchev–Trinajstić information content (AvgIpc) is 3.69. The average molecular weight is 584 g/mol. The Balaban J connectivity index is 1.29. The number of allylic oxidation sites excluding steroid dienone is 7. The van der Waals surface area contributed by atoms with Crippen LogP contribution in [0.4, 0.5) is 11.4 Å². The van der Waals surface area contributed by atoms with E-state index in [1.165, 1.54) is 50.0 Å². The Hall–Kier alpha value is -4.09. The standard InChI is InChI=1S/C38H39N4S/c1-37(2)27-13-7-11-17-31(27)41(5)33(37)23-21-25-19-20-26(35(25)43-36-39-29-15-9-10-16-30(29)40-36)22-24-34-38(3,4)28-14-8-12-18-32(28)42(34)6/h7-18,21-24H,19-20H2,1-6H3,(H,39,40)/q+1. The van der Waals surface area contributed by atoms with Crippen molar-refractivity contribution in [3.8, 4) is 0 Å². The van der Waals surface area contributed by atoms with Gasteiger partial charge in [-0.15, -0.1) is 0 Å². The van der Waals surface area contributed by atoms with E-state index in [2.05, 4.69) is 147 Å². The maximum atomic E-state index is 4.93. The van der Waals surface area contributed by atoms with Crippen molar-refractivity contribution in [1.82, 2.24) is 9.97 Å². The number of likely N-dealkylation sites (N-methyl/N-ethyl adjacent to an activating group) is 1. The Morgan fingerprint density at radius 1 is 0.837 bits per heavy atom. The summed E-state index contributed by atoms with van der Waals surface area (Å²) in [4.78, 5) is 12.1. The molecule has 0 atom stereocenters. The van der Waals surface area contributed by atoms with Crippen molar-refractivity contribution in [3.63, 3.8) is 0 Å². The number of nitrogens with one attached hydrogen (secondary N) is 1. The topological polar surface area (TPSA) is 34.9 Å². The lowest BCUT2D eigenvalue weighted by molar-refractivity contribution is -0.401. The number of aromatic nitrogens is 2. The molecular formula is C38H39N4S+. The van der Waals surface area contributed by atoms with Crippen LogP contribution in [0.25, 0.3) is 11.0 Å². The lowest BCUT2D eigenvalue weighted by Crippen LogP contribution is -2.26. The first-order valence-electron chi connectivity index (χ1n) is 15.2. The third-order valence-electron chi connectivity index (χ3n) is 9.58. The summed E-state index contributed by atoms with van der Waals surface area (Å²) in [5.74, 6) is 0. The van der Waals surface area contributed by atoms with E-state index < -0.39 is 0 Å². The number of thioether (sulfide) groups is 1. The Bertz CT molecular complexity index is 1890. The van der Waals surface area contributed by atoms with E-state index in [-0.39, 0.29) is 10.8 Å². The molecule has 2 aliphatic heterocycles. The molecule has 1 aromatic heterocycles.